The fourth-order valence-electron chi connectivity index (χ4n) is 0.933. The predicted molar refractivity (Wildman–Crippen MR) is 33.9 cm³/mol. The normalized spacial score (nSPS) is 30.4. The van der Waals surface area contributed by atoms with E-state index in [2.05, 4.69) is 17.6 Å². The second-order valence-corrected chi connectivity index (χ2v) is 2.19. The van der Waals surface area contributed by atoms with Gasteiger partial charge in [-0.1, -0.05) is 6.92 Å². The molecule has 1 aliphatic heterocycles. The molecule has 1 aliphatic rings. The monoisotopic (exact) mass is 113 g/mol. The summed E-state index contributed by atoms with van der Waals surface area (Å²) in [5.74, 6) is 0. The van der Waals surface area contributed by atoms with Crippen molar-refractivity contribution in [3.63, 3.8) is 0 Å². The van der Waals surface area contributed by atoms with Crippen LogP contribution in [-0.4, -0.2) is 25.7 Å². The zero-order chi connectivity index (χ0) is 5.82. The molecule has 0 aromatic carbocycles. The van der Waals surface area contributed by atoms with E-state index in [9.17, 15) is 0 Å². The molecule has 0 aromatic rings. The summed E-state index contributed by atoms with van der Waals surface area (Å²) in [6.07, 6.45) is 1.21. The largest absolute Gasteiger partial charge is 0.311 e. The van der Waals surface area contributed by atoms with Crippen LogP contribution in [0.1, 0.15) is 13.3 Å². The van der Waals surface area contributed by atoms with Crippen molar-refractivity contribution in [1.29, 1.82) is 0 Å². The third-order valence-electron chi connectivity index (χ3n) is 1.55. The van der Waals surface area contributed by atoms with E-state index in [0.29, 0.717) is 6.04 Å². The Labute approximate surface area is 50.7 Å². The lowest BCUT2D eigenvalue weighted by molar-refractivity contribution is 0.404. The first kappa shape index (κ1) is 6.05. The molecule has 1 heterocycles. The van der Waals surface area contributed by atoms with Crippen LogP contribution in [0.25, 0.3) is 0 Å². The summed E-state index contributed by atoms with van der Waals surface area (Å²) in [4.78, 5) is 0. The molecule has 1 saturated heterocycles. The molecule has 2 nitrogen and oxygen atoms in total. The summed E-state index contributed by atoms with van der Waals surface area (Å²) in [6, 6.07) is 0.670. The summed E-state index contributed by atoms with van der Waals surface area (Å²) in [6.45, 7) is 5.31. The smallest absolute Gasteiger partial charge is 0.0287 e. The first-order valence-electron chi connectivity index (χ1n) is 3.30. The lowest BCUT2D eigenvalue weighted by Gasteiger charge is -2.21. The average Bonchev–Trinajstić information content (AvgIpc) is 1.90. The molecule has 1 fully saturated rings. The zero-order valence-corrected chi connectivity index (χ0v) is 5.35. The van der Waals surface area contributed by atoms with Gasteiger partial charge < -0.3 is 5.32 Å². The van der Waals surface area contributed by atoms with Gasteiger partial charge in [0, 0.05) is 25.7 Å². The summed E-state index contributed by atoms with van der Waals surface area (Å²) >= 11 is 0. The Hall–Kier alpha value is -0.0800. The molecule has 0 aromatic heterocycles. The van der Waals surface area contributed by atoms with E-state index >= 15 is 0 Å². The molecule has 0 spiro atoms. The van der Waals surface area contributed by atoms with Gasteiger partial charge in [-0.25, -0.2) is 5.32 Å². The third kappa shape index (κ3) is 1.46. The minimum atomic E-state index is 0.670. The Bertz CT molecular complexity index is 57.5. The van der Waals surface area contributed by atoms with Gasteiger partial charge in [-0.15, -0.1) is 0 Å². The van der Waals surface area contributed by atoms with Crippen molar-refractivity contribution in [3.05, 3.63) is 0 Å². The minimum Gasteiger partial charge on any atom is -0.311 e. The molecular formula is C6H13N2. The van der Waals surface area contributed by atoms with Crippen LogP contribution in [0.3, 0.4) is 0 Å². The van der Waals surface area contributed by atoms with Crippen LogP contribution in [0.4, 0.5) is 0 Å². The first-order valence-corrected chi connectivity index (χ1v) is 3.30. The fraction of sp³-hybridized carbons (Fsp3) is 1.00. The van der Waals surface area contributed by atoms with Gasteiger partial charge in [0.1, 0.15) is 0 Å². The van der Waals surface area contributed by atoms with Crippen LogP contribution in [-0.2, 0) is 0 Å². The van der Waals surface area contributed by atoms with Gasteiger partial charge in [0.25, 0.3) is 0 Å². The number of piperazine rings is 1. The number of nitrogens with zero attached hydrogens (tertiary/aromatic N) is 1. The van der Waals surface area contributed by atoms with E-state index in [1.165, 1.54) is 6.42 Å². The topological polar surface area (TPSA) is 26.1 Å². The maximum absolute atomic E-state index is 4.27. The molecule has 8 heavy (non-hydrogen) atoms. The summed E-state index contributed by atoms with van der Waals surface area (Å²) in [7, 11) is 0. The summed E-state index contributed by atoms with van der Waals surface area (Å²) in [5.41, 5.74) is 0. The highest BCUT2D eigenvalue weighted by Crippen LogP contribution is 1.91. The van der Waals surface area contributed by atoms with Gasteiger partial charge in [-0.3, -0.25) is 0 Å². The zero-order valence-electron chi connectivity index (χ0n) is 5.35. The Morgan fingerprint density at radius 3 is 3.00 bits per heavy atom. The van der Waals surface area contributed by atoms with Crippen molar-refractivity contribution in [2.75, 3.05) is 19.6 Å². The maximum Gasteiger partial charge on any atom is 0.0287 e. The molecule has 1 rings (SSSR count). The van der Waals surface area contributed by atoms with Gasteiger partial charge in [0.2, 0.25) is 0 Å². The maximum atomic E-state index is 4.27. The Kier molecular flexibility index (Phi) is 2.30. The fourth-order valence-corrected chi connectivity index (χ4v) is 0.933. The van der Waals surface area contributed by atoms with E-state index in [0.717, 1.165) is 19.6 Å². The summed E-state index contributed by atoms with van der Waals surface area (Å²) < 4.78 is 0. The van der Waals surface area contributed by atoms with E-state index < -0.39 is 0 Å². The number of hydrogen-bond donors (Lipinski definition) is 1. The predicted octanol–water partition coefficient (Wildman–Crippen LogP) is -0.0274. The van der Waals surface area contributed by atoms with Crippen molar-refractivity contribution >= 4 is 0 Å². The average molecular weight is 113 g/mol. The SMILES string of the molecule is CC[C@@H]1C[N]CCN1. The molecule has 0 saturated carbocycles. The van der Waals surface area contributed by atoms with Crippen LogP contribution >= 0.6 is 0 Å². The minimum absolute atomic E-state index is 0.670. The molecule has 0 unspecified atom stereocenters. The summed E-state index contributed by atoms with van der Waals surface area (Å²) in [5, 5.41) is 7.64. The van der Waals surface area contributed by atoms with E-state index in [1.54, 1.807) is 0 Å². The van der Waals surface area contributed by atoms with Crippen molar-refractivity contribution in [3.8, 4) is 0 Å². The quantitative estimate of drug-likeness (QED) is 0.508. The van der Waals surface area contributed by atoms with Crippen molar-refractivity contribution < 1.29 is 0 Å². The van der Waals surface area contributed by atoms with Crippen molar-refractivity contribution in [2.24, 2.45) is 0 Å². The Morgan fingerprint density at radius 1 is 1.75 bits per heavy atom. The molecule has 47 valence electrons. The van der Waals surface area contributed by atoms with Gasteiger partial charge >= 0.3 is 0 Å². The highest BCUT2D eigenvalue weighted by molar-refractivity contribution is 4.72. The Morgan fingerprint density at radius 2 is 2.62 bits per heavy atom. The highest BCUT2D eigenvalue weighted by Gasteiger charge is 2.08. The molecule has 0 bridgehead atoms. The van der Waals surface area contributed by atoms with E-state index in [1.807, 2.05) is 0 Å². The number of hydrogen-bond acceptors (Lipinski definition) is 1. The van der Waals surface area contributed by atoms with Gasteiger partial charge in [-0.05, 0) is 6.42 Å². The highest BCUT2D eigenvalue weighted by atomic mass is 15.0. The lowest BCUT2D eigenvalue weighted by Crippen LogP contribution is -2.44. The standard InChI is InChI=1S/C6H13N2/c1-2-6-5-7-3-4-8-6/h6,8H,2-5H2,1H3/t6-/m1/s1. The van der Waals surface area contributed by atoms with Crippen LogP contribution in [0.5, 0.6) is 0 Å². The van der Waals surface area contributed by atoms with Gasteiger partial charge in [-0.2, -0.15) is 0 Å². The molecule has 0 amide bonds. The second-order valence-electron chi connectivity index (χ2n) is 2.19. The number of rotatable bonds is 1. The molecule has 1 N–H and O–H groups in total. The number of nitrogens with one attached hydrogen (secondary N) is 1. The first-order chi connectivity index (χ1) is 3.93. The lowest BCUT2D eigenvalue weighted by atomic mass is 10.2. The van der Waals surface area contributed by atoms with Crippen LogP contribution in [0, 0.1) is 0 Å². The molecule has 1 radical (unpaired) electrons. The Balaban J connectivity index is 2.13. The van der Waals surface area contributed by atoms with Crippen LogP contribution < -0.4 is 10.6 Å². The van der Waals surface area contributed by atoms with Crippen molar-refractivity contribution in [1.82, 2.24) is 10.6 Å². The van der Waals surface area contributed by atoms with E-state index in [4.69, 9.17) is 0 Å². The van der Waals surface area contributed by atoms with Crippen molar-refractivity contribution in [2.45, 2.75) is 19.4 Å². The molecule has 0 aliphatic carbocycles. The molecular weight excluding hydrogens is 100 g/mol. The van der Waals surface area contributed by atoms with E-state index in [-0.39, 0.29) is 0 Å². The third-order valence-corrected chi connectivity index (χ3v) is 1.55. The van der Waals surface area contributed by atoms with Gasteiger partial charge in [0.15, 0.2) is 0 Å². The van der Waals surface area contributed by atoms with Gasteiger partial charge in [0.05, 0.1) is 0 Å². The van der Waals surface area contributed by atoms with Crippen LogP contribution in [0.2, 0.25) is 0 Å². The molecule has 1 atom stereocenters. The van der Waals surface area contributed by atoms with Crippen LogP contribution in [0.15, 0.2) is 0 Å². The second kappa shape index (κ2) is 3.05. The molecule has 2 heteroatoms.